The Balaban J connectivity index is 2.17. The van der Waals surface area contributed by atoms with Crippen molar-refractivity contribution in [1.29, 1.82) is 5.26 Å². The van der Waals surface area contributed by atoms with Gasteiger partial charge in [-0.05, 0) is 55.1 Å². The lowest BCUT2D eigenvalue weighted by Crippen LogP contribution is -2.25. The molecular weight excluding hydrogens is 258 g/mol. The lowest BCUT2D eigenvalue weighted by Gasteiger charge is -2.26. The SMILES string of the molecule is CC(C)C(CNc1nc2c(cc1C#N)CCCC2)C(C)C. The van der Waals surface area contributed by atoms with Gasteiger partial charge in [-0.3, -0.25) is 0 Å². The second-order valence-electron chi connectivity index (χ2n) is 6.84. The summed E-state index contributed by atoms with van der Waals surface area (Å²) in [5.74, 6) is 2.63. The molecule has 0 amide bonds. The van der Waals surface area contributed by atoms with Crippen molar-refractivity contribution in [2.45, 2.75) is 53.4 Å². The average Bonchev–Trinajstić information content (AvgIpc) is 2.45. The Morgan fingerprint density at radius 1 is 1.19 bits per heavy atom. The van der Waals surface area contributed by atoms with Crippen LogP contribution in [0.4, 0.5) is 5.82 Å². The van der Waals surface area contributed by atoms with Gasteiger partial charge in [0.15, 0.2) is 0 Å². The summed E-state index contributed by atoms with van der Waals surface area (Å²) in [6, 6.07) is 4.35. The van der Waals surface area contributed by atoms with Crippen molar-refractivity contribution < 1.29 is 0 Å². The van der Waals surface area contributed by atoms with E-state index in [9.17, 15) is 5.26 Å². The first-order valence-corrected chi connectivity index (χ1v) is 8.19. The zero-order chi connectivity index (χ0) is 15.4. The van der Waals surface area contributed by atoms with Crippen LogP contribution >= 0.6 is 0 Å². The molecule has 0 aromatic carbocycles. The molecule has 1 heterocycles. The highest BCUT2D eigenvalue weighted by Gasteiger charge is 2.19. The Labute approximate surface area is 128 Å². The molecule has 0 spiro atoms. The minimum Gasteiger partial charge on any atom is -0.369 e. The van der Waals surface area contributed by atoms with Crippen molar-refractivity contribution >= 4 is 5.82 Å². The smallest absolute Gasteiger partial charge is 0.144 e. The summed E-state index contributed by atoms with van der Waals surface area (Å²) in [7, 11) is 0. The third-order valence-corrected chi connectivity index (χ3v) is 4.64. The number of anilines is 1. The summed E-state index contributed by atoms with van der Waals surface area (Å²) in [5.41, 5.74) is 3.16. The Bertz CT molecular complexity index is 518. The van der Waals surface area contributed by atoms with Crippen molar-refractivity contribution in [2.24, 2.45) is 17.8 Å². The van der Waals surface area contributed by atoms with Gasteiger partial charge in [0.05, 0.1) is 5.56 Å². The third-order valence-electron chi connectivity index (χ3n) is 4.64. The average molecular weight is 285 g/mol. The zero-order valence-corrected chi connectivity index (χ0v) is 13.7. The maximum Gasteiger partial charge on any atom is 0.144 e. The Kier molecular flexibility index (Phi) is 5.22. The lowest BCUT2D eigenvalue weighted by atomic mass is 9.85. The van der Waals surface area contributed by atoms with E-state index in [0.29, 0.717) is 23.3 Å². The van der Waals surface area contributed by atoms with Crippen molar-refractivity contribution in [2.75, 3.05) is 11.9 Å². The molecule has 2 rings (SSSR count). The molecule has 21 heavy (non-hydrogen) atoms. The normalized spacial score (nSPS) is 14.4. The minimum atomic E-state index is 0.592. The maximum absolute atomic E-state index is 9.37. The molecule has 1 aliphatic carbocycles. The predicted octanol–water partition coefficient (Wildman–Crippen LogP) is 4.17. The summed E-state index contributed by atoms with van der Waals surface area (Å²) in [5, 5.41) is 12.8. The first-order valence-electron chi connectivity index (χ1n) is 8.19. The summed E-state index contributed by atoms with van der Waals surface area (Å²) < 4.78 is 0. The number of aryl methyl sites for hydroxylation is 2. The van der Waals surface area contributed by atoms with Crippen LogP contribution in [0.5, 0.6) is 0 Å². The molecule has 0 saturated carbocycles. The van der Waals surface area contributed by atoms with Crippen LogP contribution in [0.2, 0.25) is 0 Å². The van der Waals surface area contributed by atoms with Gasteiger partial charge in [0.1, 0.15) is 11.9 Å². The van der Waals surface area contributed by atoms with E-state index in [2.05, 4.69) is 39.1 Å². The van der Waals surface area contributed by atoms with Gasteiger partial charge in [-0.25, -0.2) is 4.98 Å². The number of nitriles is 1. The highest BCUT2D eigenvalue weighted by molar-refractivity contribution is 5.54. The highest BCUT2D eigenvalue weighted by atomic mass is 15.0. The molecule has 3 nitrogen and oxygen atoms in total. The van der Waals surface area contributed by atoms with Gasteiger partial charge in [0.25, 0.3) is 0 Å². The summed E-state index contributed by atoms with van der Waals surface area (Å²) in [6.45, 7) is 9.93. The van der Waals surface area contributed by atoms with E-state index in [1.54, 1.807) is 0 Å². The maximum atomic E-state index is 9.37. The number of nitrogens with one attached hydrogen (secondary N) is 1. The van der Waals surface area contributed by atoms with Crippen LogP contribution in [0.1, 0.15) is 57.4 Å². The number of pyridine rings is 1. The molecule has 1 aromatic heterocycles. The van der Waals surface area contributed by atoms with Crippen LogP contribution in [0.15, 0.2) is 6.07 Å². The number of hydrogen-bond acceptors (Lipinski definition) is 3. The molecule has 0 aliphatic heterocycles. The molecule has 3 heteroatoms. The first-order chi connectivity index (χ1) is 10.0. The van der Waals surface area contributed by atoms with Gasteiger partial charge in [-0.2, -0.15) is 5.26 Å². The molecule has 114 valence electrons. The monoisotopic (exact) mass is 285 g/mol. The van der Waals surface area contributed by atoms with Crippen LogP contribution in [0.3, 0.4) is 0 Å². The van der Waals surface area contributed by atoms with Crippen molar-refractivity contribution in [3.05, 3.63) is 22.9 Å². The predicted molar refractivity (Wildman–Crippen MR) is 87.2 cm³/mol. The zero-order valence-electron chi connectivity index (χ0n) is 13.7. The molecule has 0 atom stereocenters. The molecule has 1 N–H and O–H groups in total. The van der Waals surface area contributed by atoms with E-state index in [4.69, 9.17) is 4.98 Å². The van der Waals surface area contributed by atoms with E-state index in [-0.39, 0.29) is 0 Å². The molecule has 1 aromatic rings. The number of hydrogen-bond donors (Lipinski definition) is 1. The number of fused-ring (bicyclic) bond motifs is 1. The molecule has 0 fully saturated rings. The second-order valence-corrected chi connectivity index (χ2v) is 6.84. The van der Waals surface area contributed by atoms with Gasteiger partial charge in [-0.1, -0.05) is 27.7 Å². The van der Waals surface area contributed by atoms with E-state index >= 15 is 0 Å². The summed E-state index contributed by atoms with van der Waals surface area (Å²) >= 11 is 0. The van der Waals surface area contributed by atoms with Crippen molar-refractivity contribution in [3.63, 3.8) is 0 Å². The van der Waals surface area contributed by atoms with Crippen molar-refractivity contribution in [1.82, 2.24) is 4.98 Å². The fourth-order valence-electron chi connectivity index (χ4n) is 3.31. The molecule has 0 unspecified atom stereocenters. The van der Waals surface area contributed by atoms with Crippen LogP contribution in [-0.4, -0.2) is 11.5 Å². The van der Waals surface area contributed by atoms with Crippen LogP contribution in [0.25, 0.3) is 0 Å². The second kappa shape index (κ2) is 6.93. The van der Waals surface area contributed by atoms with Gasteiger partial charge in [0, 0.05) is 12.2 Å². The molecule has 0 radical (unpaired) electrons. The summed E-state index contributed by atoms with van der Waals surface area (Å²) in [4.78, 5) is 4.74. The highest BCUT2D eigenvalue weighted by Crippen LogP contribution is 2.26. The molecule has 1 aliphatic rings. The van der Waals surface area contributed by atoms with Crippen molar-refractivity contribution in [3.8, 4) is 6.07 Å². The first kappa shape index (κ1) is 15.8. The van der Waals surface area contributed by atoms with E-state index < -0.39 is 0 Å². The van der Waals surface area contributed by atoms with E-state index in [0.717, 1.165) is 25.2 Å². The third kappa shape index (κ3) is 3.75. The van der Waals surface area contributed by atoms with Gasteiger partial charge < -0.3 is 5.32 Å². The van der Waals surface area contributed by atoms with Crippen LogP contribution in [0, 0.1) is 29.1 Å². The van der Waals surface area contributed by atoms with Gasteiger partial charge in [-0.15, -0.1) is 0 Å². The van der Waals surface area contributed by atoms with Crippen LogP contribution in [-0.2, 0) is 12.8 Å². The van der Waals surface area contributed by atoms with Crippen LogP contribution < -0.4 is 5.32 Å². The molecule has 0 bridgehead atoms. The fraction of sp³-hybridized carbons (Fsp3) is 0.667. The summed E-state index contributed by atoms with van der Waals surface area (Å²) in [6.07, 6.45) is 4.55. The minimum absolute atomic E-state index is 0.592. The van der Waals surface area contributed by atoms with E-state index in [1.165, 1.54) is 24.1 Å². The Morgan fingerprint density at radius 2 is 1.86 bits per heavy atom. The van der Waals surface area contributed by atoms with Gasteiger partial charge >= 0.3 is 0 Å². The van der Waals surface area contributed by atoms with Gasteiger partial charge in [0.2, 0.25) is 0 Å². The number of nitrogens with zero attached hydrogens (tertiary/aromatic N) is 2. The fourth-order valence-corrected chi connectivity index (χ4v) is 3.31. The Hall–Kier alpha value is -1.56. The number of aromatic nitrogens is 1. The number of rotatable bonds is 5. The largest absolute Gasteiger partial charge is 0.369 e. The topological polar surface area (TPSA) is 48.7 Å². The molecule has 0 saturated heterocycles. The standard InChI is InChI=1S/C18H27N3/c1-12(2)16(13(3)4)11-20-18-15(10-19)9-14-7-5-6-8-17(14)21-18/h9,12-13,16H,5-8,11H2,1-4H3,(H,20,21). The van der Waals surface area contributed by atoms with E-state index in [1.807, 2.05) is 6.07 Å². The lowest BCUT2D eigenvalue weighted by molar-refractivity contribution is 0.304. The Morgan fingerprint density at radius 3 is 2.48 bits per heavy atom. The molecular formula is C18H27N3. The quantitative estimate of drug-likeness (QED) is 0.883.